The molecule has 1 saturated heterocycles. The van der Waals surface area contributed by atoms with E-state index in [4.69, 9.17) is 32.7 Å². The van der Waals surface area contributed by atoms with Gasteiger partial charge in [0.2, 0.25) is 5.91 Å². The highest BCUT2D eigenvalue weighted by molar-refractivity contribution is 8.18. The van der Waals surface area contributed by atoms with Crippen LogP contribution in [0.15, 0.2) is 41.3 Å². The van der Waals surface area contributed by atoms with Crippen molar-refractivity contribution >= 4 is 63.8 Å². The number of imide groups is 1. The number of carbonyl (C=O) groups is 3. The lowest BCUT2D eigenvalue weighted by Gasteiger charge is -2.17. The molecule has 174 valence electrons. The van der Waals surface area contributed by atoms with E-state index < -0.39 is 23.6 Å². The van der Waals surface area contributed by atoms with Gasteiger partial charge in [-0.25, -0.2) is 0 Å². The van der Waals surface area contributed by atoms with Gasteiger partial charge in [-0.3, -0.25) is 19.3 Å². The van der Waals surface area contributed by atoms with Gasteiger partial charge in [-0.2, -0.15) is 0 Å². The van der Waals surface area contributed by atoms with Crippen LogP contribution in [0.1, 0.15) is 25.8 Å². The number of hydrogen-bond donors (Lipinski definition) is 1. The van der Waals surface area contributed by atoms with Gasteiger partial charge < -0.3 is 14.8 Å². The minimum absolute atomic E-state index is 0.0576. The van der Waals surface area contributed by atoms with Crippen molar-refractivity contribution in [3.63, 3.8) is 0 Å². The number of rotatable bonds is 8. The molecule has 1 N–H and O–H groups in total. The van der Waals surface area contributed by atoms with Crippen LogP contribution >= 0.6 is 35.0 Å². The molecule has 10 heteroatoms. The van der Waals surface area contributed by atoms with Crippen LogP contribution in [-0.2, 0) is 9.59 Å². The van der Waals surface area contributed by atoms with Crippen LogP contribution in [0.2, 0.25) is 10.0 Å². The number of anilines is 1. The van der Waals surface area contributed by atoms with Crippen molar-refractivity contribution in [2.45, 2.75) is 26.4 Å². The van der Waals surface area contributed by atoms with E-state index in [1.54, 1.807) is 36.4 Å². The molecule has 1 fully saturated rings. The Hall–Kier alpha value is -2.68. The van der Waals surface area contributed by atoms with Gasteiger partial charge in [-0.15, -0.1) is 0 Å². The topological polar surface area (TPSA) is 84.9 Å². The zero-order chi connectivity index (χ0) is 24.1. The Bertz CT molecular complexity index is 1100. The summed E-state index contributed by atoms with van der Waals surface area (Å²) in [6, 6.07) is 9.80. The zero-order valence-electron chi connectivity index (χ0n) is 18.2. The predicted molar refractivity (Wildman–Crippen MR) is 131 cm³/mol. The normalized spacial score (nSPS) is 15.7. The third-order valence-corrected chi connectivity index (χ3v) is 6.19. The van der Waals surface area contributed by atoms with E-state index in [1.165, 1.54) is 13.2 Å². The highest BCUT2D eigenvalue weighted by atomic mass is 35.5. The molecule has 0 radical (unpaired) electrons. The number of methoxy groups -OCH3 is 1. The van der Waals surface area contributed by atoms with Gasteiger partial charge in [0.05, 0.1) is 23.1 Å². The minimum atomic E-state index is -0.564. The first-order valence-electron chi connectivity index (χ1n) is 10.1. The number of carbonyl (C=O) groups excluding carboxylic acids is 3. The minimum Gasteiger partial charge on any atom is -0.493 e. The van der Waals surface area contributed by atoms with Gasteiger partial charge in [-0.1, -0.05) is 30.1 Å². The summed E-state index contributed by atoms with van der Waals surface area (Å²) in [5.41, 5.74) is 1.07. The number of nitrogens with zero attached hydrogens (tertiary/aromatic N) is 1. The molecule has 3 rings (SSSR count). The third-order valence-electron chi connectivity index (χ3n) is 4.75. The third kappa shape index (κ3) is 6.22. The first-order valence-corrected chi connectivity index (χ1v) is 11.6. The molecule has 1 aliphatic heterocycles. The average molecular weight is 509 g/mol. The maximum atomic E-state index is 12.8. The van der Waals surface area contributed by atoms with Gasteiger partial charge in [0.1, 0.15) is 6.54 Å². The molecular weight excluding hydrogens is 487 g/mol. The van der Waals surface area contributed by atoms with E-state index in [2.05, 4.69) is 5.32 Å². The number of amides is 3. The van der Waals surface area contributed by atoms with Gasteiger partial charge in [0.15, 0.2) is 11.5 Å². The molecule has 0 spiro atoms. The van der Waals surface area contributed by atoms with E-state index in [1.807, 2.05) is 13.8 Å². The molecule has 0 aliphatic carbocycles. The van der Waals surface area contributed by atoms with Crippen LogP contribution in [0.4, 0.5) is 10.5 Å². The Morgan fingerprint density at radius 1 is 1.21 bits per heavy atom. The maximum Gasteiger partial charge on any atom is 0.294 e. The van der Waals surface area contributed by atoms with E-state index in [0.717, 1.165) is 23.1 Å². The van der Waals surface area contributed by atoms with Crippen LogP contribution in [0.5, 0.6) is 11.5 Å². The number of hydrogen-bond acceptors (Lipinski definition) is 6. The molecule has 3 amide bonds. The largest absolute Gasteiger partial charge is 0.493 e. The quantitative estimate of drug-likeness (QED) is 0.449. The molecule has 0 bridgehead atoms. The van der Waals surface area contributed by atoms with Crippen LogP contribution in [0, 0.1) is 0 Å². The van der Waals surface area contributed by atoms with Crippen molar-refractivity contribution in [3.05, 3.63) is 56.9 Å². The Morgan fingerprint density at radius 3 is 2.55 bits per heavy atom. The fourth-order valence-electron chi connectivity index (χ4n) is 2.89. The second kappa shape index (κ2) is 11.0. The lowest BCUT2D eigenvalue weighted by atomic mass is 10.1. The fourth-order valence-corrected chi connectivity index (χ4v) is 4.11. The number of thioether (sulfide) groups is 1. The van der Waals surface area contributed by atoms with E-state index in [0.29, 0.717) is 32.8 Å². The molecular formula is C23H22Cl2N2O5S. The van der Waals surface area contributed by atoms with Gasteiger partial charge >= 0.3 is 0 Å². The van der Waals surface area contributed by atoms with Crippen LogP contribution in [0.25, 0.3) is 6.08 Å². The summed E-state index contributed by atoms with van der Waals surface area (Å²) in [5, 5.41) is 2.95. The van der Waals surface area contributed by atoms with Crippen molar-refractivity contribution in [3.8, 4) is 11.5 Å². The van der Waals surface area contributed by atoms with E-state index in [9.17, 15) is 14.4 Å². The summed E-state index contributed by atoms with van der Waals surface area (Å²) in [6.45, 7) is 3.50. The SMILES string of the molecule is CC[C@H](C)Oc1c(Cl)cc(/C=C2\SC(=O)N(CC(=O)Nc3ccc(Cl)cc3)C2=O)cc1OC. The summed E-state index contributed by atoms with van der Waals surface area (Å²) >= 11 is 13.0. The Kier molecular flexibility index (Phi) is 8.29. The van der Waals surface area contributed by atoms with Gasteiger partial charge in [0.25, 0.3) is 11.1 Å². The molecule has 0 unspecified atom stereocenters. The molecule has 1 heterocycles. The van der Waals surface area contributed by atoms with Crippen molar-refractivity contribution in [1.29, 1.82) is 0 Å². The second-order valence-corrected chi connectivity index (χ2v) is 9.03. The van der Waals surface area contributed by atoms with Gasteiger partial charge in [0, 0.05) is 10.7 Å². The maximum absolute atomic E-state index is 12.8. The zero-order valence-corrected chi connectivity index (χ0v) is 20.5. The molecule has 1 atom stereocenters. The van der Waals surface area contributed by atoms with Crippen LogP contribution in [0.3, 0.4) is 0 Å². The standard InChI is InChI=1S/C23H22Cl2N2O5S/c1-4-13(2)32-21-17(25)9-14(10-18(21)31-3)11-19-22(29)27(23(30)33-19)12-20(28)26-16-7-5-15(24)6-8-16/h5-11,13H,4,12H2,1-3H3,(H,26,28)/b19-11-/t13-/m0/s1. The number of ether oxygens (including phenoxy) is 2. The fraction of sp³-hybridized carbons (Fsp3) is 0.261. The molecule has 2 aromatic carbocycles. The summed E-state index contributed by atoms with van der Waals surface area (Å²) in [6.07, 6.45) is 2.27. The summed E-state index contributed by atoms with van der Waals surface area (Å²) in [5.74, 6) is -0.239. The molecule has 2 aromatic rings. The summed E-state index contributed by atoms with van der Waals surface area (Å²) < 4.78 is 11.2. The molecule has 1 aliphatic rings. The lowest BCUT2D eigenvalue weighted by Crippen LogP contribution is -2.36. The van der Waals surface area contributed by atoms with Crippen molar-refractivity contribution in [1.82, 2.24) is 4.90 Å². The smallest absolute Gasteiger partial charge is 0.294 e. The predicted octanol–water partition coefficient (Wildman–Crippen LogP) is 5.85. The summed E-state index contributed by atoms with van der Waals surface area (Å²) in [7, 11) is 1.49. The molecule has 0 saturated carbocycles. The Labute approximate surface area is 206 Å². The van der Waals surface area contributed by atoms with Crippen LogP contribution in [-0.4, -0.2) is 41.7 Å². The number of nitrogens with one attached hydrogen (secondary N) is 1. The highest BCUT2D eigenvalue weighted by Crippen LogP contribution is 2.39. The number of benzene rings is 2. The van der Waals surface area contributed by atoms with Gasteiger partial charge in [-0.05, 0) is 73.1 Å². The first kappa shape index (κ1) is 25.0. The Balaban J connectivity index is 1.75. The van der Waals surface area contributed by atoms with Crippen molar-refractivity contribution in [2.75, 3.05) is 19.0 Å². The average Bonchev–Trinajstić information content (AvgIpc) is 3.04. The number of halogens is 2. The molecule has 7 nitrogen and oxygen atoms in total. The van der Waals surface area contributed by atoms with E-state index in [-0.39, 0.29) is 11.0 Å². The first-order chi connectivity index (χ1) is 15.7. The second-order valence-electron chi connectivity index (χ2n) is 7.19. The molecule has 33 heavy (non-hydrogen) atoms. The summed E-state index contributed by atoms with van der Waals surface area (Å²) in [4.78, 5) is 38.5. The van der Waals surface area contributed by atoms with Crippen LogP contribution < -0.4 is 14.8 Å². The van der Waals surface area contributed by atoms with Crippen molar-refractivity contribution < 1.29 is 23.9 Å². The monoisotopic (exact) mass is 508 g/mol. The van der Waals surface area contributed by atoms with E-state index >= 15 is 0 Å². The van der Waals surface area contributed by atoms with Crippen molar-refractivity contribution in [2.24, 2.45) is 0 Å². The highest BCUT2D eigenvalue weighted by Gasteiger charge is 2.36. The lowest BCUT2D eigenvalue weighted by molar-refractivity contribution is -0.127. The Morgan fingerprint density at radius 2 is 1.91 bits per heavy atom. The molecule has 0 aromatic heterocycles.